The van der Waals surface area contributed by atoms with Crippen molar-refractivity contribution in [3.8, 4) is 11.4 Å². The fourth-order valence-electron chi connectivity index (χ4n) is 3.10. The van der Waals surface area contributed by atoms with E-state index in [9.17, 15) is 9.59 Å². The van der Waals surface area contributed by atoms with Gasteiger partial charge in [0.1, 0.15) is 5.76 Å². The molecule has 158 valence electrons. The molecule has 0 spiro atoms. The molecule has 4 N–H and O–H groups in total. The van der Waals surface area contributed by atoms with Crippen LogP contribution in [-0.2, 0) is 9.59 Å². The molecule has 0 saturated carbocycles. The molecule has 2 amide bonds. The third-order valence-corrected chi connectivity index (χ3v) is 5.43. The quantitative estimate of drug-likeness (QED) is 0.389. The van der Waals surface area contributed by atoms with E-state index < -0.39 is 0 Å². The smallest absolute Gasteiger partial charge is 0.243 e. The first-order valence-corrected chi connectivity index (χ1v) is 10.3. The highest BCUT2D eigenvalue weighted by Crippen LogP contribution is 2.25. The van der Waals surface area contributed by atoms with Crippen LogP contribution in [0.4, 0.5) is 5.69 Å². The van der Waals surface area contributed by atoms with Crippen LogP contribution in [0.15, 0.2) is 34.0 Å². The molecule has 0 radical (unpaired) electrons. The number of rotatable bonds is 7. The van der Waals surface area contributed by atoms with Crippen LogP contribution < -0.4 is 16.5 Å². The number of anilines is 1. The molecule has 0 saturated heterocycles. The number of furan rings is 1. The number of hydrogen-bond donors (Lipinski definition) is 3. The number of hydrogen-bond acceptors (Lipinski definition) is 7. The summed E-state index contributed by atoms with van der Waals surface area (Å²) in [5.41, 5.74) is 4.60. The van der Waals surface area contributed by atoms with Crippen LogP contribution in [0, 0.1) is 27.7 Å². The van der Waals surface area contributed by atoms with Crippen molar-refractivity contribution in [3.63, 3.8) is 0 Å². The molecule has 0 atom stereocenters. The van der Waals surface area contributed by atoms with Crippen LogP contribution in [-0.4, -0.2) is 39.0 Å². The van der Waals surface area contributed by atoms with Crippen molar-refractivity contribution >= 4 is 29.3 Å². The van der Waals surface area contributed by atoms with Crippen LogP contribution in [0.3, 0.4) is 0 Å². The Kier molecular flexibility index (Phi) is 6.46. The summed E-state index contributed by atoms with van der Waals surface area (Å²) >= 11 is 1.13. The Bertz CT molecular complexity index is 1070. The summed E-state index contributed by atoms with van der Waals surface area (Å²) < 4.78 is 6.56. The van der Waals surface area contributed by atoms with Crippen molar-refractivity contribution in [2.24, 2.45) is 0 Å². The van der Waals surface area contributed by atoms with Gasteiger partial charge in [-0.2, -0.15) is 0 Å². The molecule has 0 aliphatic rings. The van der Waals surface area contributed by atoms with Gasteiger partial charge >= 0.3 is 0 Å². The van der Waals surface area contributed by atoms with Crippen molar-refractivity contribution in [1.82, 2.24) is 20.2 Å². The highest BCUT2D eigenvalue weighted by Gasteiger charge is 2.17. The molecule has 10 heteroatoms. The third-order valence-electron chi connectivity index (χ3n) is 4.48. The molecule has 3 rings (SSSR count). The molecule has 2 aromatic heterocycles. The minimum atomic E-state index is -0.309. The zero-order valence-electron chi connectivity index (χ0n) is 17.3. The molecule has 3 aromatic rings. The summed E-state index contributed by atoms with van der Waals surface area (Å²) in [7, 11) is 0. The Morgan fingerprint density at radius 2 is 1.83 bits per heavy atom. The minimum Gasteiger partial charge on any atom is -0.469 e. The topological polar surface area (TPSA) is 128 Å². The first kappa shape index (κ1) is 21.4. The van der Waals surface area contributed by atoms with Crippen LogP contribution in [0.5, 0.6) is 0 Å². The Labute approximate surface area is 178 Å². The maximum Gasteiger partial charge on any atom is 0.243 e. The largest absolute Gasteiger partial charge is 0.469 e. The number of nitrogens with two attached hydrogens (primary N) is 1. The molecule has 0 bridgehead atoms. The summed E-state index contributed by atoms with van der Waals surface area (Å²) in [6.45, 7) is 7.56. The molecule has 0 fully saturated rings. The van der Waals surface area contributed by atoms with Gasteiger partial charge in [0.2, 0.25) is 17.0 Å². The molecular weight excluding hydrogens is 404 g/mol. The molecule has 2 heterocycles. The number of thioether (sulfide) groups is 1. The number of aryl methyl sites for hydroxylation is 4. The maximum atomic E-state index is 12.2. The van der Waals surface area contributed by atoms with Crippen molar-refractivity contribution in [2.75, 3.05) is 23.5 Å². The third kappa shape index (κ3) is 4.82. The van der Waals surface area contributed by atoms with E-state index >= 15 is 0 Å². The van der Waals surface area contributed by atoms with E-state index in [4.69, 9.17) is 10.3 Å². The first-order chi connectivity index (χ1) is 14.3. The number of aromatic nitrogens is 3. The van der Waals surface area contributed by atoms with Gasteiger partial charge in [0, 0.05) is 5.69 Å². The first-order valence-electron chi connectivity index (χ1n) is 9.28. The SMILES string of the molecule is Cc1cc(C)c(NC(=O)CNC(=O)CSc2nnc(-c3ccoc3C)n2N)c(C)c1. The van der Waals surface area contributed by atoms with Crippen LogP contribution in [0.1, 0.15) is 22.5 Å². The van der Waals surface area contributed by atoms with Gasteiger partial charge in [-0.3, -0.25) is 9.59 Å². The average molecular weight is 429 g/mol. The second kappa shape index (κ2) is 9.04. The molecule has 0 unspecified atom stereocenters. The fraction of sp³-hybridized carbons (Fsp3) is 0.300. The van der Waals surface area contributed by atoms with Crippen molar-refractivity contribution in [1.29, 1.82) is 0 Å². The van der Waals surface area contributed by atoms with E-state index in [1.54, 1.807) is 19.3 Å². The Morgan fingerprint density at radius 1 is 1.13 bits per heavy atom. The van der Waals surface area contributed by atoms with E-state index in [0.717, 1.165) is 39.7 Å². The lowest BCUT2D eigenvalue weighted by Crippen LogP contribution is -2.34. The second-order valence-corrected chi connectivity index (χ2v) is 7.90. The van der Waals surface area contributed by atoms with E-state index in [1.165, 1.54) is 4.68 Å². The van der Waals surface area contributed by atoms with Gasteiger partial charge in [-0.25, -0.2) is 4.68 Å². The van der Waals surface area contributed by atoms with Crippen LogP contribution in [0.25, 0.3) is 11.4 Å². The predicted octanol–water partition coefficient (Wildman–Crippen LogP) is 2.33. The number of carbonyl (C=O) groups is 2. The highest BCUT2D eigenvalue weighted by atomic mass is 32.2. The molecule has 30 heavy (non-hydrogen) atoms. The average Bonchev–Trinajstić information content (AvgIpc) is 3.26. The van der Waals surface area contributed by atoms with E-state index in [0.29, 0.717) is 16.7 Å². The monoisotopic (exact) mass is 428 g/mol. The molecule has 0 aliphatic heterocycles. The summed E-state index contributed by atoms with van der Waals surface area (Å²) in [5.74, 6) is 6.61. The number of nitrogen functional groups attached to an aromatic ring is 1. The van der Waals surface area contributed by atoms with Gasteiger partial charge in [0.15, 0.2) is 5.82 Å². The van der Waals surface area contributed by atoms with E-state index in [-0.39, 0.29) is 24.1 Å². The maximum absolute atomic E-state index is 12.2. The summed E-state index contributed by atoms with van der Waals surface area (Å²) in [5, 5.41) is 13.9. The molecule has 1 aromatic carbocycles. The molecule has 9 nitrogen and oxygen atoms in total. The van der Waals surface area contributed by atoms with Gasteiger partial charge < -0.3 is 20.9 Å². The minimum absolute atomic E-state index is 0.0512. The zero-order valence-corrected chi connectivity index (χ0v) is 18.1. The lowest BCUT2D eigenvalue weighted by molar-refractivity contribution is -0.122. The standard InChI is InChI=1S/C20H24N6O3S/c1-11-7-12(2)18(13(3)8-11)23-16(27)9-22-17(28)10-30-20-25-24-19(26(20)21)15-5-6-29-14(15)4/h5-8H,9-10,21H2,1-4H3,(H,22,28)(H,23,27). The van der Waals surface area contributed by atoms with Gasteiger partial charge in [-0.05, 0) is 44.9 Å². The number of carbonyl (C=O) groups excluding carboxylic acids is 2. The number of nitrogens with one attached hydrogen (secondary N) is 2. The molecular formula is C20H24N6O3S. The number of nitrogens with zero attached hydrogens (tertiary/aromatic N) is 3. The van der Waals surface area contributed by atoms with Crippen molar-refractivity contribution in [3.05, 3.63) is 46.9 Å². The summed E-state index contributed by atoms with van der Waals surface area (Å²) in [4.78, 5) is 24.3. The lowest BCUT2D eigenvalue weighted by atomic mass is 10.1. The van der Waals surface area contributed by atoms with Gasteiger partial charge in [-0.1, -0.05) is 29.5 Å². The summed E-state index contributed by atoms with van der Waals surface area (Å²) in [6, 6.07) is 5.75. The highest BCUT2D eigenvalue weighted by molar-refractivity contribution is 7.99. The number of amides is 2. The zero-order chi connectivity index (χ0) is 21.8. The predicted molar refractivity (Wildman–Crippen MR) is 116 cm³/mol. The van der Waals surface area contributed by atoms with E-state index in [2.05, 4.69) is 20.8 Å². The summed E-state index contributed by atoms with van der Waals surface area (Å²) in [6.07, 6.45) is 1.55. The van der Waals surface area contributed by atoms with E-state index in [1.807, 2.05) is 32.9 Å². The van der Waals surface area contributed by atoms with Crippen LogP contribution >= 0.6 is 11.8 Å². The second-order valence-electron chi connectivity index (χ2n) is 6.95. The van der Waals surface area contributed by atoms with Gasteiger partial charge in [0.25, 0.3) is 0 Å². The normalized spacial score (nSPS) is 10.8. The number of benzene rings is 1. The van der Waals surface area contributed by atoms with Gasteiger partial charge in [0.05, 0.1) is 24.1 Å². The lowest BCUT2D eigenvalue weighted by Gasteiger charge is -2.13. The Balaban J connectivity index is 1.51. The van der Waals surface area contributed by atoms with Gasteiger partial charge in [-0.15, -0.1) is 10.2 Å². The Morgan fingerprint density at radius 3 is 2.47 bits per heavy atom. The fourth-order valence-corrected chi connectivity index (χ4v) is 3.78. The van der Waals surface area contributed by atoms with Crippen molar-refractivity contribution in [2.45, 2.75) is 32.9 Å². The molecule has 0 aliphatic carbocycles. The van der Waals surface area contributed by atoms with Crippen molar-refractivity contribution < 1.29 is 14.0 Å². The Hall–Kier alpha value is -3.27. The van der Waals surface area contributed by atoms with Crippen LogP contribution in [0.2, 0.25) is 0 Å².